The Balaban J connectivity index is 1.34. The maximum Gasteiger partial charge on any atom is 0.0249 e. The second kappa shape index (κ2) is 10.3. The fourth-order valence-electron chi connectivity index (χ4n) is 5.99. The van der Waals surface area contributed by atoms with Crippen LogP contribution in [0.1, 0.15) is 99.8 Å². The smallest absolute Gasteiger partial charge is 0.0249 e. The molecule has 2 saturated carbocycles. The fourth-order valence-corrected chi connectivity index (χ4v) is 5.99. The van der Waals surface area contributed by atoms with Gasteiger partial charge in [0.15, 0.2) is 0 Å². The molecular formula is C30H38. The number of hydrogen-bond acceptors (Lipinski definition) is 0. The van der Waals surface area contributed by atoms with Crippen LogP contribution in [0.3, 0.4) is 0 Å². The largest absolute Gasteiger partial charge is 0.0654 e. The quantitative estimate of drug-likeness (QED) is 0.446. The molecule has 0 aromatic heterocycles. The molecule has 0 spiro atoms. The highest BCUT2D eigenvalue weighted by molar-refractivity contribution is 5.44. The number of rotatable bonds is 5. The monoisotopic (exact) mass is 398 g/mol. The Morgan fingerprint density at radius 3 is 2.00 bits per heavy atom. The maximum atomic E-state index is 3.35. The molecule has 0 bridgehead atoms. The van der Waals surface area contributed by atoms with Crippen LogP contribution in [-0.2, 0) is 6.42 Å². The molecule has 0 N–H and O–H groups in total. The van der Waals surface area contributed by atoms with Crippen LogP contribution in [0.25, 0.3) is 0 Å². The molecule has 4 atom stereocenters. The average molecular weight is 399 g/mol. The third-order valence-electron chi connectivity index (χ3n) is 7.64. The van der Waals surface area contributed by atoms with E-state index in [1.54, 1.807) is 5.56 Å². The van der Waals surface area contributed by atoms with Gasteiger partial charge in [0.05, 0.1) is 0 Å². The van der Waals surface area contributed by atoms with Gasteiger partial charge in [0.2, 0.25) is 0 Å². The SMILES string of the molecule is CCCc1ccc(C#Cc2ccc([C@@H]3CC[C@@H]4CC(CCC)CC[C@@H]4C3)cc2)cc1. The summed E-state index contributed by atoms with van der Waals surface area (Å²) in [5.74, 6) is 10.5. The van der Waals surface area contributed by atoms with Crippen LogP contribution in [0.15, 0.2) is 48.5 Å². The van der Waals surface area contributed by atoms with Crippen molar-refractivity contribution >= 4 is 0 Å². The molecule has 30 heavy (non-hydrogen) atoms. The summed E-state index contributed by atoms with van der Waals surface area (Å²) in [7, 11) is 0. The highest BCUT2D eigenvalue weighted by Crippen LogP contribution is 2.48. The van der Waals surface area contributed by atoms with Crippen molar-refractivity contribution in [2.75, 3.05) is 0 Å². The molecule has 4 rings (SSSR count). The minimum absolute atomic E-state index is 0.766. The summed E-state index contributed by atoms with van der Waals surface area (Å²) >= 11 is 0. The predicted octanol–water partition coefficient (Wildman–Crippen LogP) is 8.14. The maximum absolute atomic E-state index is 3.35. The van der Waals surface area contributed by atoms with Gasteiger partial charge in [0.1, 0.15) is 0 Å². The van der Waals surface area contributed by atoms with Gasteiger partial charge in [-0.3, -0.25) is 0 Å². The first kappa shape index (κ1) is 21.2. The number of benzene rings is 2. The Morgan fingerprint density at radius 1 is 0.700 bits per heavy atom. The van der Waals surface area contributed by atoms with E-state index in [9.17, 15) is 0 Å². The Labute approximate surface area is 184 Å². The summed E-state index contributed by atoms with van der Waals surface area (Å²) in [4.78, 5) is 0. The second-order valence-corrected chi connectivity index (χ2v) is 9.82. The first-order chi connectivity index (χ1) is 14.7. The number of hydrogen-bond donors (Lipinski definition) is 0. The summed E-state index contributed by atoms with van der Waals surface area (Å²) in [6.07, 6.45) is 13.9. The Kier molecular flexibility index (Phi) is 7.33. The molecule has 0 radical (unpaired) electrons. The van der Waals surface area contributed by atoms with Gasteiger partial charge in [-0.25, -0.2) is 0 Å². The molecule has 2 fully saturated rings. The molecule has 0 nitrogen and oxygen atoms in total. The number of fused-ring (bicyclic) bond motifs is 1. The zero-order chi connectivity index (χ0) is 20.8. The van der Waals surface area contributed by atoms with Crippen molar-refractivity contribution < 1.29 is 0 Å². The highest BCUT2D eigenvalue weighted by atomic mass is 14.4. The molecule has 1 unspecified atom stereocenters. The minimum atomic E-state index is 0.766. The second-order valence-electron chi connectivity index (χ2n) is 9.82. The van der Waals surface area contributed by atoms with Gasteiger partial charge >= 0.3 is 0 Å². The molecule has 0 heterocycles. The first-order valence-corrected chi connectivity index (χ1v) is 12.5. The highest BCUT2D eigenvalue weighted by Gasteiger charge is 2.35. The normalized spacial score (nSPS) is 25.8. The van der Waals surface area contributed by atoms with Crippen LogP contribution in [0.4, 0.5) is 0 Å². The van der Waals surface area contributed by atoms with Crippen molar-refractivity contribution in [1.29, 1.82) is 0 Å². The lowest BCUT2D eigenvalue weighted by Crippen LogP contribution is -2.30. The van der Waals surface area contributed by atoms with E-state index in [0.717, 1.165) is 41.2 Å². The lowest BCUT2D eigenvalue weighted by Gasteiger charge is -2.42. The van der Waals surface area contributed by atoms with E-state index in [2.05, 4.69) is 74.2 Å². The van der Waals surface area contributed by atoms with E-state index in [-0.39, 0.29) is 0 Å². The van der Waals surface area contributed by atoms with Crippen LogP contribution < -0.4 is 0 Å². The molecule has 0 aliphatic heterocycles. The topological polar surface area (TPSA) is 0 Å². The third kappa shape index (κ3) is 5.37. The van der Waals surface area contributed by atoms with Crippen LogP contribution in [-0.4, -0.2) is 0 Å². The Morgan fingerprint density at radius 2 is 1.33 bits per heavy atom. The summed E-state index contributed by atoms with van der Waals surface area (Å²) in [6.45, 7) is 4.57. The molecule has 0 heteroatoms. The first-order valence-electron chi connectivity index (χ1n) is 12.5. The van der Waals surface area contributed by atoms with E-state index in [4.69, 9.17) is 0 Å². The molecular weight excluding hydrogens is 360 g/mol. The standard InChI is InChI=1S/C30H38/c1-3-5-23-7-9-24(10-8-23)11-12-25-13-16-27(17-14-25)29-20-19-28-21-26(6-4-2)15-18-30(28)22-29/h7-10,13-14,16-17,26,28-30H,3-6,15,18-22H2,1-2H3/t26?,28-,29-,30-/m1/s1. The van der Waals surface area contributed by atoms with Crippen molar-refractivity contribution in [2.45, 2.75) is 84.0 Å². The van der Waals surface area contributed by atoms with E-state index < -0.39 is 0 Å². The van der Waals surface area contributed by atoms with Gasteiger partial charge in [-0.05, 0) is 97.6 Å². The molecule has 0 amide bonds. The molecule has 2 aromatic rings. The zero-order valence-electron chi connectivity index (χ0n) is 19.0. The van der Waals surface area contributed by atoms with Crippen LogP contribution in [0.2, 0.25) is 0 Å². The number of aryl methyl sites for hydroxylation is 1. The van der Waals surface area contributed by atoms with Gasteiger partial charge in [-0.1, -0.05) is 75.6 Å². The Hall–Kier alpha value is -2.00. The fraction of sp³-hybridized carbons (Fsp3) is 0.533. The van der Waals surface area contributed by atoms with Crippen molar-refractivity contribution in [3.05, 3.63) is 70.8 Å². The third-order valence-corrected chi connectivity index (χ3v) is 7.64. The van der Waals surface area contributed by atoms with Gasteiger partial charge in [-0.2, -0.15) is 0 Å². The van der Waals surface area contributed by atoms with Crippen molar-refractivity contribution in [1.82, 2.24) is 0 Å². The van der Waals surface area contributed by atoms with Crippen LogP contribution in [0, 0.1) is 29.6 Å². The van der Waals surface area contributed by atoms with E-state index in [1.165, 1.54) is 63.4 Å². The predicted molar refractivity (Wildman–Crippen MR) is 129 cm³/mol. The molecule has 2 aromatic carbocycles. The van der Waals surface area contributed by atoms with E-state index in [1.807, 2.05) is 0 Å². The minimum Gasteiger partial charge on any atom is -0.0654 e. The van der Waals surface area contributed by atoms with Gasteiger partial charge in [-0.15, -0.1) is 0 Å². The van der Waals surface area contributed by atoms with E-state index >= 15 is 0 Å². The average Bonchev–Trinajstić information content (AvgIpc) is 2.79. The Bertz CT molecular complexity index is 846. The lowest BCUT2D eigenvalue weighted by molar-refractivity contribution is 0.114. The summed E-state index contributed by atoms with van der Waals surface area (Å²) in [5.41, 5.74) is 5.18. The zero-order valence-corrected chi connectivity index (χ0v) is 19.0. The van der Waals surface area contributed by atoms with Gasteiger partial charge in [0.25, 0.3) is 0 Å². The lowest BCUT2D eigenvalue weighted by atomic mass is 9.63. The summed E-state index contributed by atoms with van der Waals surface area (Å²) in [5, 5.41) is 0. The van der Waals surface area contributed by atoms with E-state index in [0.29, 0.717) is 0 Å². The van der Waals surface area contributed by atoms with Gasteiger partial charge < -0.3 is 0 Å². The van der Waals surface area contributed by atoms with Crippen molar-refractivity contribution in [3.8, 4) is 11.8 Å². The molecule has 0 saturated heterocycles. The van der Waals surface area contributed by atoms with Crippen molar-refractivity contribution in [2.24, 2.45) is 17.8 Å². The molecule has 158 valence electrons. The summed E-state index contributed by atoms with van der Waals surface area (Å²) in [6, 6.07) is 17.9. The van der Waals surface area contributed by atoms with Gasteiger partial charge in [0, 0.05) is 11.1 Å². The molecule has 2 aliphatic rings. The van der Waals surface area contributed by atoms with Crippen LogP contribution >= 0.6 is 0 Å². The van der Waals surface area contributed by atoms with Crippen LogP contribution in [0.5, 0.6) is 0 Å². The molecule has 2 aliphatic carbocycles. The van der Waals surface area contributed by atoms with Crippen molar-refractivity contribution in [3.63, 3.8) is 0 Å². The summed E-state index contributed by atoms with van der Waals surface area (Å²) < 4.78 is 0.